The van der Waals surface area contributed by atoms with Crippen molar-refractivity contribution in [2.24, 2.45) is 4.99 Å². The molecule has 11 heavy (non-hydrogen) atoms. The zero-order valence-electron chi connectivity index (χ0n) is 7.08. The van der Waals surface area contributed by atoms with Gasteiger partial charge in [-0.25, -0.2) is 0 Å². The van der Waals surface area contributed by atoms with Gasteiger partial charge in [-0.05, 0) is 26.0 Å². The van der Waals surface area contributed by atoms with Gasteiger partial charge in [0.25, 0.3) is 0 Å². The van der Waals surface area contributed by atoms with E-state index >= 15 is 0 Å². The first kappa shape index (κ1) is 10.1. The second kappa shape index (κ2) is 5.89. The molecule has 0 spiro atoms. The molecule has 64 valence electrons. The Morgan fingerprint density at radius 1 is 1.73 bits per heavy atom. The maximum Gasteiger partial charge on any atom is 0.303 e. The monoisotopic (exact) mass is 157 g/mol. The summed E-state index contributed by atoms with van der Waals surface area (Å²) in [6.45, 7) is 3.86. The molecule has 0 bridgehead atoms. The largest absolute Gasteiger partial charge is 0.481 e. The van der Waals surface area contributed by atoms with Crippen LogP contribution in [0.4, 0.5) is 0 Å². The molecule has 0 amide bonds. The van der Waals surface area contributed by atoms with Crippen LogP contribution in [0.15, 0.2) is 4.99 Å². The summed E-state index contributed by atoms with van der Waals surface area (Å²) in [7, 11) is 0. The molecule has 0 aromatic heterocycles. The van der Waals surface area contributed by atoms with Crippen LogP contribution in [0.1, 0.15) is 33.1 Å². The van der Waals surface area contributed by atoms with E-state index in [9.17, 15) is 4.79 Å². The molecule has 0 aliphatic carbocycles. The lowest BCUT2D eigenvalue weighted by atomic mass is 10.1. The standard InChI is InChI=1S/C8H15NO2/c1-3-7(9-4-2)5-6-8(10)11/h4,7H,3,5-6H2,1-2H3,(H,10,11)/b9-4-. The zero-order valence-corrected chi connectivity index (χ0v) is 7.08. The normalized spacial score (nSPS) is 13.6. The predicted octanol–water partition coefficient (Wildman–Crippen LogP) is 1.72. The molecular weight excluding hydrogens is 142 g/mol. The van der Waals surface area contributed by atoms with Gasteiger partial charge in [0.2, 0.25) is 0 Å². The van der Waals surface area contributed by atoms with Gasteiger partial charge >= 0.3 is 5.97 Å². The third kappa shape index (κ3) is 5.58. The lowest BCUT2D eigenvalue weighted by molar-refractivity contribution is -0.137. The minimum atomic E-state index is -0.741. The summed E-state index contributed by atoms with van der Waals surface area (Å²) in [6, 6.07) is 0.191. The average molecular weight is 157 g/mol. The van der Waals surface area contributed by atoms with Crippen LogP contribution in [0.5, 0.6) is 0 Å². The van der Waals surface area contributed by atoms with Crippen LogP contribution in [0.25, 0.3) is 0 Å². The molecule has 1 N–H and O–H groups in total. The van der Waals surface area contributed by atoms with E-state index in [1.54, 1.807) is 6.21 Å². The number of carboxylic acid groups (broad SMARTS) is 1. The van der Waals surface area contributed by atoms with E-state index in [-0.39, 0.29) is 12.5 Å². The second-order valence-electron chi connectivity index (χ2n) is 2.40. The Hall–Kier alpha value is -0.860. The molecule has 1 unspecified atom stereocenters. The van der Waals surface area contributed by atoms with E-state index in [0.717, 1.165) is 6.42 Å². The third-order valence-electron chi connectivity index (χ3n) is 1.52. The van der Waals surface area contributed by atoms with E-state index in [4.69, 9.17) is 5.11 Å². The second-order valence-corrected chi connectivity index (χ2v) is 2.40. The molecule has 0 aliphatic heterocycles. The van der Waals surface area contributed by atoms with Crippen molar-refractivity contribution >= 4 is 12.2 Å². The fourth-order valence-corrected chi connectivity index (χ4v) is 0.885. The Morgan fingerprint density at radius 3 is 2.73 bits per heavy atom. The molecule has 1 atom stereocenters. The molecule has 0 radical (unpaired) electrons. The van der Waals surface area contributed by atoms with Crippen molar-refractivity contribution in [3.63, 3.8) is 0 Å². The van der Waals surface area contributed by atoms with Crippen molar-refractivity contribution < 1.29 is 9.90 Å². The lowest BCUT2D eigenvalue weighted by Gasteiger charge is -2.05. The maximum atomic E-state index is 10.2. The fraction of sp³-hybridized carbons (Fsp3) is 0.750. The van der Waals surface area contributed by atoms with E-state index in [2.05, 4.69) is 4.99 Å². The summed E-state index contributed by atoms with van der Waals surface area (Å²) in [5.74, 6) is -0.741. The first-order chi connectivity index (χ1) is 5.20. The van der Waals surface area contributed by atoms with E-state index in [1.807, 2.05) is 13.8 Å². The van der Waals surface area contributed by atoms with Gasteiger partial charge < -0.3 is 5.11 Å². The first-order valence-electron chi connectivity index (χ1n) is 3.90. The highest BCUT2D eigenvalue weighted by Gasteiger charge is 2.05. The minimum Gasteiger partial charge on any atom is -0.481 e. The number of carbonyl (C=O) groups is 1. The van der Waals surface area contributed by atoms with Gasteiger partial charge in [-0.15, -0.1) is 0 Å². The van der Waals surface area contributed by atoms with Crippen LogP contribution in [0, 0.1) is 0 Å². The van der Waals surface area contributed by atoms with Gasteiger partial charge in [-0.1, -0.05) is 6.92 Å². The first-order valence-corrected chi connectivity index (χ1v) is 3.90. The summed E-state index contributed by atoms with van der Waals surface area (Å²) >= 11 is 0. The number of aliphatic carboxylic acids is 1. The van der Waals surface area contributed by atoms with E-state index < -0.39 is 5.97 Å². The molecule has 0 heterocycles. The Morgan fingerprint density at radius 2 is 2.36 bits per heavy atom. The van der Waals surface area contributed by atoms with Crippen LogP contribution in [-0.4, -0.2) is 23.3 Å². The number of hydrogen-bond acceptors (Lipinski definition) is 2. The van der Waals surface area contributed by atoms with Crippen LogP contribution in [-0.2, 0) is 4.79 Å². The van der Waals surface area contributed by atoms with Crippen molar-refractivity contribution in [2.75, 3.05) is 0 Å². The molecule has 0 aliphatic rings. The maximum absolute atomic E-state index is 10.2. The molecule has 0 saturated carbocycles. The molecule has 0 rings (SSSR count). The Balaban J connectivity index is 3.60. The summed E-state index contributed by atoms with van der Waals surface area (Å²) in [4.78, 5) is 14.3. The Kier molecular flexibility index (Phi) is 5.43. The highest BCUT2D eigenvalue weighted by atomic mass is 16.4. The topological polar surface area (TPSA) is 49.7 Å². The molecule has 3 nitrogen and oxygen atoms in total. The SMILES string of the molecule is C/C=N\C(CC)CCC(=O)O. The number of carboxylic acids is 1. The Bertz CT molecular complexity index is 143. The van der Waals surface area contributed by atoms with Gasteiger partial charge in [0.15, 0.2) is 0 Å². The smallest absolute Gasteiger partial charge is 0.303 e. The van der Waals surface area contributed by atoms with Crippen LogP contribution >= 0.6 is 0 Å². The van der Waals surface area contributed by atoms with Crippen LogP contribution < -0.4 is 0 Å². The number of nitrogens with zero attached hydrogens (tertiary/aromatic N) is 1. The summed E-state index contributed by atoms with van der Waals surface area (Å²) in [5, 5.41) is 8.37. The summed E-state index contributed by atoms with van der Waals surface area (Å²) in [6.07, 6.45) is 3.51. The molecule has 0 aromatic rings. The fourth-order valence-electron chi connectivity index (χ4n) is 0.885. The number of hydrogen-bond donors (Lipinski definition) is 1. The highest BCUT2D eigenvalue weighted by molar-refractivity contribution is 5.66. The van der Waals surface area contributed by atoms with Gasteiger partial charge in [0, 0.05) is 12.5 Å². The summed E-state index contributed by atoms with van der Waals surface area (Å²) < 4.78 is 0. The zero-order chi connectivity index (χ0) is 8.69. The summed E-state index contributed by atoms with van der Waals surface area (Å²) in [5.41, 5.74) is 0. The Labute approximate surface area is 67.1 Å². The van der Waals surface area contributed by atoms with Crippen molar-refractivity contribution in [1.82, 2.24) is 0 Å². The molecule has 0 fully saturated rings. The molecule has 0 aromatic carbocycles. The van der Waals surface area contributed by atoms with E-state index in [1.165, 1.54) is 0 Å². The average Bonchev–Trinajstić information content (AvgIpc) is 1.97. The van der Waals surface area contributed by atoms with Crippen molar-refractivity contribution in [1.29, 1.82) is 0 Å². The van der Waals surface area contributed by atoms with Crippen molar-refractivity contribution in [3.05, 3.63) is 0 Å². The van der Waals surface area contributed by atoms with Gasteiger partial charge in [0.1, 0.15) is 0 Å². The molecule has 0 saturated heterocycles. The van der Waals surface area contributed by atoms with E-state index in [0.29, 0.717) is 6.42 Å². The molecule has 3 heteroatoms. The number of rotatable bonds is 5. The van der Waals surface area contributed by atoms with Gasteiger partial charge in [-0.3, -0.25) is 9.79 Å². The van der Waals surface area contributed by atoms with Crippen molar-refractivity contribution in [2.45, 2.75) is 39.2 Å². The molecular formula is C8H15NO2. The lowest BCUT2D eigenvalue weighted by Crippen LogP contribution is -2.06. The highest BCUT2D eigenvalue weighted by Crippen LogP contribution is 2.05. The minimum absolute atomic E-state index is 0.191. The van der Waals surface area contributed by atoms with Crippen LogP contribution in [0.2, 0.25) is 0 Å². The van der Waals surface area contributed by atoms with Crippen molar-refractivity contribution in [3.8, 4) is 0 Å². The quantitative estimate of drug-likeness (QED) is 0.618. The van der Waals surface area contributed by atoms with Crippen LogP contribution in [0.3, 0.4) is 0 Å². The van der Waals surface area contributed by atoms with Gasteiger partial charge in [0.05, 0.1) is 0 Å². The van der Waals surface area contributed by atoms with Gasteiger partial charge in [-0.2, -0.15) is 0 Å². The third-order valence-corrected chi connectivity index (χ3v) is 1.52. The number of aliphatic imine (C=N–C) groups is 1. The predicted molar refractivity (Wildman–Crippen MR) is 45.1 cm³/mol.